The lowest BCUT2D eigenvalue weighted by molar-refractivity contribution is -0.126. The molecule has 4 heteroatoms. The standard InChI is InChI=1S/C16H20FNOS/c17-13-8-4-7-12-14(9-10-20-15(12)13)18-16(19)11-5-2-1-3-6-11/h4,7-8,11,14H,1-3,5-6,9-10H2,(H,18,19)/t14-/m0/s1. The number of amides is 1. The highest BCUT2D eigenvalue weighted by Crippen LogP contribution is 2.38. The number of carbonyl (C=O) groups excluding carboxylic acids is 1. The first-order valence-corrected chi connectivity index (χ1v) is 8.46. The maximum atomic E-state index is 13.8. The van der Waals surface area contributed by atoms with Gasteiger partial charge in [-0.25, -0.2) is 4.39 Å². The second-order valence-corrected chi connectivity index (χ2v) is 6.80. The zero-order valence-corrected chi connectivity index (χ0v) is 12.3. The topological polar surface area (TPSA) is 29.1 Å². The molecule has 1 heterocycles. The van der Waals surface area contributed by atoms with Gasteiger partial charge in [0.05, 0.1) is 6.04 Å². The van der Waals surface area contributed by atoms with Gasteiger partial charge in [-0.05, 0) is 30.9 Å². The van der Waals surface area contributed by atoms with Gasteiger partial charge in [0.15, 0.2) is 0 Å². The van der Waals surface area contributed by atoms with E-state index >= 15 is 0 Å². The summed E-state index contributed by atoms with van der Waals surface area (Å²) >= 11 is 1.56. The van der Waals surface area contributed by atoms with Crippen molar-refractivity contribution in [3.8, 4) is 0 Å². The molecule has 3 rings (SSSR count). The summed E-state index contributed by atoms with van der Waals surface area (Å²) in [5.74, 6) is 1.03. The van der Waals surface area contributed by atoms with Gasteiger partial charge >= 0.3 is 0 Å². The molecule has 0 aromatic heterocycles. The lowest BCUT2D eigenvalue weighted by Crippen LogP contribution is -2.36. The zero-order chi connectivity index (χ0) is 13.9. The van der Waals surface area contributed by atoms with Crippen LogP contribution < -0.4 is 5.32 Å². The minimum absolute atomic E-state index is 0.0172. The van der Waals surface area contributed by atoms with Gasteiger partial charge in [-0.2, -0.15) is 0 Å². The predicted octanol–water partition coefficient (Wildman–Crippen LogP) is 4.06. The normalized spacial score (nSPS) is 23.1. The summed E-state index contributed by atoms with van der Waals surface area (Å²) in [5.41, 5.74) is 0.949. The zero-order valence-electron chi connectivity index (χ0n) is 11.5. The molecule has 1 atom stereocenters. The van der Waals surface area contributed by atoms with Gasteiger partial charge < -0.3 is 5.32 Å². The van der Waals surface area contributed by atoms with Crippen LogP contribution in [0.1, 0.15) is 50.1 Å². The number of nitrogens with one attached hydrogen (secondary N) is 1. The lowest BCUT2D eigenvalue weighted by Gasteiger charge is -2.29. The monoisotopic (exact) mass is 293 g/mol. The Labute approximate surface area is 123 Å². The number of benzene rings is 1. The fourth-order valence-corrected chi connectivity index (χ4v) is 4.33. The van der Waals surface area contributed by atoms with E-state index in [2.05, 4.69) is 5.32 Å². The molecule has 20 heavy (non-hydrogen) atoms. The number of carbonyl (C=O) groups is 1. The third-order valence-corrected chi connectivity index (χ3v) is 5.48. The first kappa shape index (κ1) is 13.9. The van der Waals surface area contributed by atoms with E-state index in [0.29, 0.717) is 4.90 Å². The van der Waals surface area contributed by atoms with Crippen LogP contribution in [0.4, 0.5) is 4.39 Å². The largest absolute Gasteiger partial charge is 0.349 e. The first-order chi connectivity index (χ1) is 9.75. The molecule has 108 valence electrons. The minimum atomic E-state index is -0.163. The van der Waals surface area contributed by atoms with E-state index < -0.39 is 0 Å². The Bertz CT molecular complexity index is 499. The van der Waals surface area contributed by atoms with Crippen molar-refractivity contribution in [3.05, 3.63) is 29.6 Å². The number of rotatable bonds is 2. The molecule has 0 radical (unpaired) electrons. The van der Waals surface area contributed by atoms with E-state index in [1.165, 1.54) is 12.5 Å². The highest BCUT2D eigenvalue weighted by molar-refractivity contribution is 7.99. The van der Waals surface area contributed by atoms with Gasteiger partial charge in [-0.15, -0.1) is 11.8 Å². The van der Waals surface area contributed by atoms with Gasteiger partial charge in [0.1, 0.15) is 5.82 Å². The van der Waals surface area contributed by atoms with Crippen molar-refractivity contribution in [2.75, 3.05) is 5.75 Å². The molecule has 1 aliphatic heterocycles. The highest BCUT2D eigenvalue weighted by atomic mass is 32.2. The molecule has 1 aliphatic carbocycles. The van der Waals surface area contributed by atoms with Crippen molar-refractivity contribution < 1.29 is 9.18 Å². The second-order valence-electron chi connectivity index (χ2n) is 5.69. The van der Waals surface area contributed by atoms with Crippen molar-refractivity contribution in [1.82, 2.24) is 5.32 Å². The first-order valence-electron chi connectivity index (χ1n) is 7.47. The molecule has 0 saturated heterocycles. The number of hydrogen-bond acceptors (Lipinski definition) is 2. The van der Waals surface area contributed by atoms with Crippen molar-refractivity contribution in [1.29, 1.82) is 0 Å². The Kier molecular flexibility index (Phi) is 4.29. The van der Waals surface area contributed by atoms with E-state index in [1.54, 1.807) is 17.8 Å². The lowest BCUT2D eigenvalue weighted by atomic mass is 9.88. The number of halogens is 1. The van der Waals surface area contributed by atoms with Crippen molar-refractivity contribution in [3.63, 3.8) is 0 Å². The highest BCUT2D eigenvalue weighted by Gasteiger charge is 2.27. The number of fused-ring (bicyclic) bond motifs is 1. The van der Waals surface area contributed by atoms with Crippen LogP contribution in [0.2, 0.25) is 0 Å². The van der Waals surface area contributed by atoms with E-state index in [-0.39, 0.29) is 23.7 Å². The summed E-state index contributed by atoms with van der Waals surface area (Å²) in [7, 11) is 0. The molecule has 2 nitrogen and oxygen atoms in total. The van der Waals surface area contributed by atoms with Crippen LogP contribution >= 0.6 is 11.8 Å². The summed E-state index contributed by atoms with van der Waals surface area (Å²) in [4.78, 5) is 13.1. The van der Waals surface area contributed by atoms with Crippen LogP contribution in [0.25, 0.3) is 0 Å². The molecule has 0 unspecified atom stereocenters. The summed E-state index contributed by atoms with van der Waals surface area (Å²) in [6.07, 6.45) is 6.46. The Hall–Kier alpha value is -1.03. The summed E-state index contributed by atoms with van der Waals surface area (Å²) in [6, 6.07) is 5.16. The number of thioether (sulfide) groups is 1. The van der Waals surface area contributed by atoms with Crippen molar-refractivity contribution >= 4 is 17.7 Å². The maximum absolute atomic E-state index is 13.8. The average molecular weight is 293 g/mol. The second kappa shape index (κ2) is 6.17. The van der Waals surface area contributed by atoms with E-state index in [0.717, 1.165) is 43.4 Å². The molecular formula is C16H20FNOS. The Balaban J connectivity index is 1.73. The maximum Gasteiger partial charge on any atom is 0.223 e. The third kappa shape index (κ3) is 2.85. The third-order valence-electron chi connectivity index (χ3n) is 4.32. The molecule has 1 fully saturated rings. The summed E-state index contributed by atoms with van der Waals surface area (Å²) in [6.45, 7) is 0. The summed E-state index contributed by atoms with van der Waals surface area (Å²) in [5, 5.41) is 3.15. The van der Waals surface area contributed by atoms with Gasteiger partial charge in [0, 0.05) is 16.6 Å². The Morgan fingerprint density at radius 3 is 2.80 bits per heavy atom. The molecule has 1 amide bonds. The molecule has 1 aromatic carbocycles. The van der Waals surface area contributed by atoms with Crippen LogP contribution in [0.15, 0.2) is 23.1 Å². The van der Waals surface area contributed by atoms with E-state index in [1.807, 2.05) is 6.07 Å². The minimum Gasteiger partial charge on any atom is -0.349 e. The SMILES string of the molecule is O=C(N[C@H]1CCSc2c(F)cccc21)C1CCCCC1. The van der Waals surface area contributed by atoms with Crippen molar-refractivity contribution in [2.45, 2.75) is 49.5 Å². The predicted molar refractivity (Wildman–Crippen MR) is 79.2 cm³/mol. The fourth-order valence-electron chi connectivity index (χ4n) is 3.19. The Morgan fingerprint density at radius 1 is 1.20 bits per heavy atom. The molecule has 0 spiro atoms. The average Bonchev–Trinajstić information content (AvgIpc) is 2.49. The molecule has 1 aromatic rings. The van der Waals surface area contributed by atoms with Gasteiger partial charge in [-0.1, -0.05) is 31.4 Å². The quantitative estimate of drug-likeness (QED) is 0.891. The van der Waals surface area contributed by atoms with Crippen LogP contribution in [-0.2, 0) is 4.79 Å². The van der Waals surface area contributed by atoms with Crippen LogP contribution in [0.3, 0.4) is 0 Å². The van der Waals surface area contributed by atoms with E-state index in [4.69, 9.17) is 0 Å². The van der Waals surface area contributed by atoms with Crippen LogP contribution in [0, 0.1) is 11.7 Å². The Morgan fingerprint density at radius 2 is 2.00 bits per heavy atom. The summed E-state index contributed by atoms with van der Waals surface area (Å²) < 4.78 is 13.8. The van der Waals surface area contributed by atoms with Crippen LogP contribution in [0.5, 0.6) is 0 Å². The fraction of sp³-hybridized carbons (Fsp3) is 0.562. The van der Waals surface area contributed by atoms with Crippen LogP contribution in [-0.4, -0.2) is 11.7 Å². The molecule has 0 bridgehead atoms. The van der Waals surface area contributed by atoms with E-state index in [9.17, 15) is 9.18 Å². The molecule has 2 aliphatic rings. The van der Waals surface area contributed by atoms with Gasteiger partial charge in [-0.3, -0.25) is 4.79 Å². The molecule has 1 saturated carbocycles. The smallest absolute Gasteiger partial charge is 0.223 e. The van der Waals surface area contributed by atoms with Gasteiger partial charge in [0.2, 0.25) is 5.91 Å². The van der Waals surface area contributed by atoms with Crippen molar-refractivity contribution in [2.24, 2.45) is 5.92 Å². The molecule has 1 N–H and O–H groups in total. The number of hydrogen-bond donors (Lipinski definition) is 1. The molecular weight excluding hydrogens is 273 g/mol. The van der Waals surface area contributed by atoms with Gasteiger partial charge in [0.25, 0.3) is 0 Å².